The monoisotopic (exact) mass is 284 g/mol. The van der Waals surface area contributed by atoms with E-state index in [9.17, 15) is 9.59 Å². The molecule has 0 amide bonds. The molecule has 0 spiro atoms. The van der Waals surface area contributed by atoms with E-state index in [2.05, 4.69) is 11.7 Å². The average molecular weight is 284 g/mol. The maximum atomic E-state index is 10.8. The molecule has 20 heavy (non-hydrogen) atoms. The lowest BCUT2D eigenvalue weighted by Crippen LogP contribution is -2.17. The zero-order chi connectivity index (χ0) is 15.1. The zero-order valence-electron chi connectivity index (χ0n) is 12.6. The van der Waals surface area contributed by atoms with Crippen LogP contribution in [0.2, 0.25) is 0 Å². The van der Waals surface area contributed by atoms with E-state index in [1.807, 2.05) is 6.08 Å². The molecule has 0 heterocycles. The van der Waals surface area contributed by atoms with Crippen molar-refractivity contribution in [3.05, 3.63) is 12.2 Å². The summed E-state index contributed by atoms with van der Waals surface area (Å²) in [4.78, 5) is 20.9. The lowest BCUT2D eigenvalue weighted by atomic mass is 10.1. The Morgan fingerprint density at radius 2 is 1.70 bits per heavy atom. The van der Waals surface area contributed by atoms with E-state index in [1.165, 1.54) is 44.9 Å². The van der Waals surface area contributed by atoms with Gasteiger partial charge in [0, 0.05) is 0 Å². The number of carbonyl (C=O) groups excluding carboxylic acids is 1. The third-order valence-electron chi connectivity index (χ3n) is 3.25. The molecule has 4 heteroatoms. The predicted molar refractivity (Wildman–Crippen MR) is 79.5 cm³/mol. The third kappa shape index (κ3) is 11.8. The average Bonchev–Trinajstić information content (AvgIpc) is 2.43. The van der Waals surface area contributed by atoms with E-state index in [0.717, 1.165) is 12.8 Å². The number of ether oxygens (including phenoxy) is 1. The Morgan fingerprint density at radius 1 is 1.10 bits per heavy atom. The van der Waals surface area contributed by atoms with Crippen LogP contribution < -0.4 is 0 Å². The molecule has 0 aromatic carbocycles. The number of carboxylic acids is 1. The molecule has 0 saturated heterocycles. The number of rotatable bonds is 14. The first kappa shape index (κ1) is 18.7. The van der Waals surface area contributed by atoms with Crippen molar-refractivity contribution >= 4 is 12.4 Å². The van der Waals surface area contributed by atoms with E-state index >= 15 is 0 Å². The largest absolute Gasteiger partial charge is 0.481 e. The smallest absolute Gasteiger partial charge is 0.313 e. The molecule has 0 saturated carbocycles. The molecule has 1 N–H and O–H groups in total. The summed E-state index contributed by atoms with van der Waals surface area (Å²) in [6.07, 6.45) is 14.5. The molecule has 4 nitrogen and oxygen atoms in total. The van der Waals surface area contributed by atoms with Crippen LogP contribution in [0.25, 0.3) is 0 Å². The first-order valence-electron chi connectivity index (χ1n) is 7.67. The fraction of sp³-hybridized carbons (Fsp3) is 0.750. The lowest BCUT2D eigenvalue weighted by molar-refractivity contribution is -0.143. The van der Waals surface area contributed by atoms with Crippen LogP contribution in [0.15, 0.2) is 12.2 Å². The van der Waals surface area contributed by atoms with Crippen LogP contribution >= 0.6 is 0 Å². The summed E-state index contributed by atoms with van der Waals surface area (Å²) in [7, 11) is 0. The molecule has 0 aromatic heterocycles. The highest BCUT2D eigenvalue weighted by Gasteiger charge is 2.13. The number of carboxylic acid groups (broad SMARTS) is 1. The molecule has 0 aliphatic rings. The van der Waals surface area contributed by atoms with Crippen molar-refractivity contribution in [3.63, 3.8) is 0 Å². The summed E-state index contributed by atoms with van der Waals surface area (Å²) in [5, 5.41) is 8.90. The van der Waals surface area contributed by atoms with Crippen LogP contribution in [0.3, 0.4) is 0 Å². The topological polar surface area (TPSA) is 63.6 Å². The van der Waals surface area contributed by atoms with Crippen LogP contribution in [0.4, 0.5) is 0 Å². The normalized spacial score (nSPS) is 12.4. The molecular weight excluding hydrogens is 256 g/mol. The Bertz CT molecular complexity index is 274. The zero-order valence-corrected chi connectivity index (χ0v) is 12.6. The Hall–Kier alpha value is -1.32. The van der Waals surface area contributed by atoms with E-state index in [-0.39, 0.29) is 13.1 Å². The van der Waals surface area contributed by atoms with Crippen molar-refractivity contribution in [3.8, 4) is 0 Å². The Morgan fingerprint density at radius 3 is 2.25 bits per heavy atom. The van der Waals surface area contributed by atoms with Crippen LogP contribution in [0.1, 0.15) is 64.7 Å². The maximum Gasteiger partial charge on any atom is 0.313 e. The lowest BCUT2D eigenvalue weighted by Gasteiger charge is -2.05. The van der Waals surface area contributed by atoms with Crippen molar-refractivity contribution in [1.29, 1.82) is 0 Å². The van der Waals surface area contributed by atoms with Crippen molar-refractivity contribution < 1.29 is 19.4 Å². The van der Waals surface area contributed by atoms with Gasteiger partial charge in [-0.25, -0.2) is 0 Å². The standard InChI is InChI=1S/C16H28O4/c1-2-3-4-5-6-7-8-9-10-11-12-15(16(18)19)13-20-14-17/h11-12,14-15H,2-10,13H2,1H3,(H,18,19)/b12-11+. The SMILES string of the molecule is CCCCCCCCCC/C=C/C(COC=O)C(=O)O. The van der Waals surface area contributed by atoms with Gasteiger partial charge < -0.3 is 9.84 Å². The van der Waals surface area contributed by atoms with Gasteiger partial charge in [-0.2, -0.15) is 0 Å². The quantitative estimate of drug-likeness (QED) is 0.298. The van der Waals surface area contributed by atoms with Crippen LogP contribution in [-0.2, 0) is 14.3 Å². The molecule has 0 aromatic rings. The van der Waals surface area contributed by atoms with Gasteiger partial charge in [0.1, 0.15) is 12.5 Å². The van der Waals surface area contributed by atoms with Gasteiger partial charge in [-0.05, 0) is 12.8 Å². The van der Waals surface area contributed by atoms with Crippen molar-refractivity contribution in [1.82, 2.24) is 0 Å². The molecule has 0 aliphatic heterocycles. The molecule has 116 valence electrons. The highest BCUT2D eigenvalue weighted by Crippen LogP contribution is 2.10. The van der Waals surface area contributed by atoms with Gasteiger partial charge >= 0.3 is 5.97 Å². The molecule has 0 radical (unpaired) electrons. The third-order valence-corrected chi connectivity index (χ3v) is 3.25. The van der Waals surface area contributed by atoms with Crippen molar-refractivity contribution in [2.45, 2.75) is 64.7 Å². The fourth-order valence-electron chi connectivity index (χ4n) is 2.01. The molecule has 0 bridgehead atoms. The van der Waals surface area contributed by atoms with Gasteiger partial charge in [-0.1, -0.05) is 64.0 Å². The van der Waals surface area contributed by atoms with Gasteiger partial charge in [0.05, 0.1) is 0 Å². The van der Waals surface area contributed by atoms with E-state index in [0.29, 0.717) is 0 Å². The van der Waals surface area contributed by atoms with E-state index in [4.69, 9.17) is 5.11 Å². The highest BCUT2D eigenvalue weighted by molar-refractivity contribution is 5.72. The minimum Gasteiger partial charge on any atom is -0.481 e. The molecule has 1 atom stereocenters. The predicted octanol–water partition coefficient (Wildman–Crippen LogP) is 3.95. The van der Waals surface area contributed by atoms with Gasteiger partial charge in [0.15, 0.2) is 0 Å². The minimum atomic E-state index is -0.959. The molecule has 0 rings (SSSR count). The Labute approximate surface area is 122 Å². The maximum absolute atomic E-state index is 10.8. The van der Waals surface area contributed by atoms with Crippen molar-refractivity contribution in [2.24, 2.45) is 5.92 Å². The summed E-state index contributed by atoms with van der Waals surface area (Å²) >= 11 is 0. The number of carbonyl (C=O) groups is 2. The second-order valence-electron chi connectivity index (χ2n) is 5.07. The van der Waals surface area contributed by atoms with E-state index < -0.39 is 11.9 Å². The molecule has 0 fully saturated rings. The number of aliphatic carboxylic acids is 1. The van der Waals surface area contributed by atoms with Gasteiger partial charge in [0.25, 0.3) is 6.47 Å². The van der Waals surface area contributed by atoms with Gasteiger partial charge in [-0.3, -0.25) is 9.59 Å². The second kappa shape index (κ2) is 14.1. The first-order valence-corrected chi connectivity index (χ1v) is 7.67. The number of allylic oxidation sites excluding steroid dienone is 1. The number of unbranched alkanes of at least 4 members (excludes halogenated alkanes) is 8. The Kier molecular flexibility index (Phi) is 13.2. The molecular formula is C16H28O4. The fourth-order valence-corrected chi connectivity index (χ4v) is 2.01. The number of hydrogen-bond acceptors (Lipinski definition) is 3. The van der Waals surface area contributed by atoms with Crippen LogP contribution in [0.5, 0.6) is 0 Å². The minimum absolute atomic E-state index is 0.0905. The van der Waals surface area contributed by atoms with E-state index in [1.54, 1.807) is 6.08 Å². The van der Waals surface area contributed by atoms with Gasteiger partial charge in [-0.15, -0.1) is 0 Å². The van der Waals surface area contributed by atoms with Crippen LogP contribution in [-0.4, -0.2) is 24.2 Å². The van der Waals surface area contributed by atoms with Gasteiger partial charge in [0.2, 0.25) is 0 Å². The van der Waals surface area contributed by atoms with Crippen LogP contribution in [0, 0.1) is 5.92 Å². The molecule has 1 unspecified atom stereocenters. The summed E-state index contributed by atoms with van der Waals surface area (Å²) in [5.74, 6) is -1.69. The summed E-state index contributed by atoms with van der Waals surface area (Å²) in [6, 6.07) is 0. The number of hydrogen-bond donors (Lipinski definition) is 1. The summed E-state index contributed by atoms with van der Waals surface area (Å²) in [6.45, 7) is 2.41. The highest BCUT2D eigenvalue weighted by atomic mass is 16.5. The summed E-state index contributed by atoms with van der Waals surface area (Å²) in [5.41, 5.74) is 0. The second-order valence-corrected chi connectivity index (χ2v) is 5.07. The summed E-state index contributed by atoms with van der Waals surface area (Å²) < 4.78 is 4.49. The van der Waals surface area contributed by atoms with Crippen molar-refractivity contribution in [2.75, 3.05) is 6.61 Å². The molecule has 0 aliphatic carbocycles. The first-order chi connectivity index (χ1) is 9.72. The Balaban J connectivity index is 3.53.